The van der Waals surface area contributed by atoms with E-state index in [9.17, 15) is 0 Å². The molecule has 1 nitrogen and oxygen atoms in total. The van der Waals surface area contributed by atoms with Gasteiger partial charge in [0.05, 0.1) is 12.5 Å². The van der Waals surface area contributed by atoms with Crippen LogP contribution in [-0.2, 0) is 4.74 Å². The second-order valence-corrected chi connectivity index (χ2v) is 4.43. The Labute approximate surface area is 74.4 Å². The average Bonchev–Trinajstić information content (AvgIpc) is 1.91. The minimum absolute atomic E-state index is 0.230. The number of rotatable bonds is 2. The predicted molar refractivity (Wildman–Crippen MR) is 48.2 cm³/mol. The van der Waals surface area contributed by atoms with Gasteiger partial charge < -0.3 is 4.74 Å². The van der Waals surface area contributed by atoms with Crippen LogP contribution in [0.4, 0.5) is 0 Å². The van der Waals surface area contributed by atoms with Gasteiger partial charge in [-0.1, -0.05) is 12.2 Å². The molecule has 0 aromatic heterocycles. The molecular formula is C8H16OSn. The van der Waals surface area contributed by atoms with Crippen LogP contribution in [0.2, 0.25) is 9.88 Å². The maximum absolute atomic E-state index is 4.77. The molecule has 0 aliphatic carbocycles. The van der Waals surface area contributed by atoms with Crippen LogP contribution < -0.4 is 0 Å². The monoisotopic (exact) mass is 248 g/mol. The van der Waals surface area contributed by atoms with Crippen molar-refractivity contribution in [3.8, 4) is 0 Å². The van der Waals surface area contributed by atoms with E-state index in [2.05, 4.69) is 9.88 Å². The fourth-order valence-corrected chi connectivity index (χ4v) is 0.202. The molecule has 0 saturated heterocycles. The molecule has 0 unspecified atom stereocenters. The van der Waals surface area contributed by atoms with Crippen LogP contribution in [0, 0.1) is 0 Å². The normalized spacial score (nSPS) is 9.60. The first-order chi connectivity index (χ1) is 4.83. The molecule has 0 heterocycles. The molecule has 0 aromatic carbocycles. The summed E-state index contributed by atoms with van der Waals surface area (Å²) in [5.41, 5.74) is 0. The summed E-state index contributed by atoms with van der Waals surface area (Å²) in [5, 5.41) is 0. The predicted octanol–water partition coefficient (Wildman–Crippen LogP) is 2.86. The summed E-state index contributed by atoms with van der Waals surface area (Å²) in [4.78, 5) is 4.59. The molecule has 58 valence electrons. The molecule has 0 spiro atoms. The van der Waals surface area contributed by atoms with Crippen molar-refractivity contribution in [1.29, 1.82) is 0 Å². The summed E-state index contributed by atoms with van der Waals surface area (Å²) in [6, 6.07) is 0. The van der Waals surface area contributed by atoms with Crippen molar-refractivity contribution in [3.63, 3.8) is 0 Å². The van der Waals surface area contributed by atoms with Gasteiger partial charge in [-0.3, -0.25) is 0 Å². The van der Waals surface area contributed by atoms with Gasteiger partial charge in [0.15, 0.2) is 0 Å². The van der Waals surface area contributed by atoms with Gasteiger partial charge in [-0.05, 0) is 13.8 Å². The van der Waals surface area contributed by atoms with Gasteiger partial charge in [0, 0.05) is 0 Å². The van der Waals surface area contributed by atoms with Gasteiger partial charge in [0.1, 0.15) is 0 Å². The molecule has 0 bridgehead atoms. The Bertz CT molecular complexity index is 77.3. The Morgan fingerprint density at radius 2 is 1.30 bits per heavy atom. The van der Waals surface area contributed by atoms with Crippen LogP contribution in [0.3, 0.4) is 0 Å². The molecule has 0 aromatic rings. The van der Waals surface area contributed by atoms with Gasteiger partial charge >= 0.3 is 31.0 Å². The first kappa shape index (κ1) is 12.7. The number of ether oxygens (including phenoxy) is 1. The van der Waals surface area contributed by atoms with Crippen LogP contribution in [0.25, 0.3) is 0 Å². The van der Waals surface area contributed by atoms with E-state index in [1.807, 2.05) is 26.0 Å². The zero-order chi connectivity index (χ0) is 8.24. The Morgan fingerprint density at radius 3 is 1.50 bits per heavy atom. The standard InChI is InChI=1S/C6H10O.2CH3.Sn/c1-3-5-7-6-4-2;;;/h3-6H,1-2H3;2*1H3;. The average molecular weight is 247 g/mol. The van der Waals surface area contributed by atoms with E-state index in [4.69, 9.17) is 4.74 Å². The summed E-state index contributed by atoms with van der Waals surface area (Å²) in [5.74, 6) is 0. The topological polar surface area (TPSA) is 9.23 Å². The molecule has 0 aliphatic rings. The molecule has 0 aliphatic heterocycles. The van der Waals surface area contributed by atoms with E-state index in [0.29, 0.717) is 0 Å². The Morgan fingerprint density at radius 1 is 1.00 bits per heavy atom. The van der Waals surface area contributed by atoms with E-state index in [-0.39, 0.29) is 21.1 Å². The molecule has 0 amide bonds. The fourth-order valence-electron chi connectivity index (χ4n) is 0.202. The molecular weight excluding hydrogens is 231 g/mol. The van der Waals surface area contributed by atoms with E-state index in [0.717, 1.165) is 0 Å². The minimum atomic E-state index is 0.230. The number of hydrogen-bond acceptors (Lipinski definition) is 1. The van der Waals surface area contributed by atoms with Crippen molar-refractivity contribution in [1.82, 2.24) is 0 Å². The van der Waals surface area contributed by atoms with E-state index < -0.39 is 0 Å². The van der Waals surface area contributed by atoms with Crippen molar-refractivity contribution in [2.24, 2.45) is 0 Å². The summed E-state index contributed by atoms with van der Waals surface area (Å²) >= 11 is 0.230. The van der Waals surface area contributed by atoms with Crippen molar-refractivity contribution >= 4 is 21.1 Å². The maximum atomic E-state index is 4.77. The fraction of sp³-hybridized carbons (Fsp3) is 0.500. The Hall–Kier alpha value is 0.0787. The van der Waals surface area contributed by atoms with Crippen LogP contribution in [-0.4, -0.2) is 21.1 Å². The molecule has 0 fully saturated rings. The second kappa shape index (κ2) is 16.0. The van der Waals surface area contributed by atoms with E-state index >= 15 is 0 Å². The first-order valence-corrected chi connectivity index (χ1v) is 9.00. The quantitative estimate of drug-likeness (QED) is 0.538. The second-order valence-electron chi connectivity index (χ2n) is 1.57. The molecule has 2 radical (unpaired) electrons. The SMILES string of the molecule is CC=COC=CC.[CH3][Sn][CH3]. The van der Waals surface area contributed by atoms with Crippen LogP contribution in [0.5, 0.6) is 0 Å². The van der Waals surface area contributed by atoms with Crippen LogP contribution in [0.15, 0.2) is 24.7 Å². The third-order valence-corrected chi connectivity index (χ3v) is 0.429. The molecule has 0 N–H and O–H groups in total. The van der Waals surface area contributed by atoms with Gasteiger partial charge in [-0.2, -0.15) is 0 Å². The Balaban J connectivity index is 0. The van der Waals surface area contributed by atoms with Gasteiger partial charge in [-0.15, -0.1) is 0 Å². The first-order valence-electron chi connectivity index (χ1n) is 3.29. The van der Waals surface area contributed by atoms with Crippen LogP contribution >= 0.6 is 0 Å². The number of hydrogen-bond donors (Lipinski definition) is 0. The van der Waals surface area contributed by atoms with Crippen molar-refractivity contribution in [3.05, 3.63) is 24.7 Å². The van der Waals surface area contributed by atoms with E-state index in [1.54, 1.807) is 12.5 Å². The molecule has 0 saturated carbocycles. The number of allylic oxidation sites excluding steroid dienone is 2. The third-order valence-electron chi connectivity index (χ3n) is 0.429. The van der Waals surface area contributed by atoms with Crippen LogP contribution in [0.1, 0.15) is 13.8 Å². The summed E-state index contributed by atoms with van der Waals surface area (Å²) in [7, 11) is 0. The molecule has 0 atom stereocenters. The zero-order valence-electron chi connectivity index (χ0n) is 7.22. The van der Waals surface area contributed by atoms with Crippen molar-refractivity contribution in [2.45, 2.75) is 23.7 Å². The van der Waals surface area contributed by atoms with Gasteiger partial charge in [0.25, 0.3) is 0 Å². The molecule has 0 rings (SSSR count). The molecule has 10 heavy (non-hydrogen) atoms. The Kier molecular flexibility index (Phi) is 20.4. The summed E-state index contributed by atoms with van der Waals surface area (Å²) in [6.07, 6.45) is 6.92. The molecule has 2 heteroatoms. The van der Waals surface area contributed by atoms with Gasteiger partial charge in [0.2, 0.25) is 0 Å². The van der Waals surface area contributed by atoms with Gasteiger partial charge in [-0.25, -0.2) is 0 Å². The summed E-state index contributed by atoms with van der Waals surface area (Å²) in [6.45, 7) is 3.81. The zero-order valence-corrected chi connectivity index (χ0v) is 10.1. The van der Waals surface area contributed by atoms with E-state index in [1.165, 1.54) is 0 Å². The van der Waals surface area contributed by atoms with Crippen molar-refractivity contribution < 1.29 is 4.74 Å². The third kappa shape index (κ3) is 24.3. The summed E-state index contributed by atoms with van der Waals surface area (Å²) < 4.78 is 4.77. The van der Waals surface area contributed by atoms with Crippen molar-refractivity contribution in [2.75, 3.05) is 0 Å².